The van der Waals surface area contributed by atoms with E-state index in [1.807, 2.05) is 0 Å². The minimum absolute atomic E-state index is 0.480. The van der Waals surface area contributed by atoms with E-state index in [2.05, 4.69) is 36.5 Å². The lowest BCUT2D eigenvalue weighted by atomic mass is 9.96. The maximum Gasteiger partial charge on any atom is 0.0495 e. The van der Waals surface area contributed by atoms with Crippen molar-refractivity contribution in [2.45, 2.75) is 32.2 Å². The highest BCUT2D eigenvalue weighted by Crippen LogP contribution is 2.24. The number of nitrogens with zero attached hydrogens (tertiary/aromatic N) is 1. The molecular weight excluding hydrogens is 158 g/mol. The maximum atomic E-state index is 4.64. The summed E-state index contributed by atoms with van der Waals surface area (Å²) in [4.78, 5) is 0. The highest BCUT2D eigenvalue weighted by Gasteiger charge is 2.15. The summed E-state index contributed by atoms with van der Waals surface area (Å²) in [5.41, 5.74) is 2.75. The molecule has 2 rings (SSSR count). The molecule has 0 saturated carbocycles. The van der Waals surface area contributed by atoms with Gasteiger partial charge in [-0.2, -0.15) is 0 Å². The van der Waals surface area contributed by atoms with Gasteiger partial charge < -0.3 is 0 Å². The number of hydrogen-bond acceptors (Lipinski definition) is 0. The van der Waals surface area contributed by atoms with Crippen LogP contribution < -0.4 is 5.32 Å². The van der Waals surface area contributed by atoms with Crippen LogP contribution in [0.25, 0.3) is 0 Å². The minimum Gasteiger partial charge on any atom is -0.234 e. The molecule has 1 atom stereocenters. The second-order valence-electron chi connectivity index (χ2n) is 3.83. The van der Waals surface area contributed by atoms with Crippen LogP contribution in [0.1, 0.15) is 36.4 Å². The van der Waals surface area contributed by atoms with Crippen LogP contribution in [0.15, 0.2) is 24.3 Å². The zero-order valence-corrected chi connectivity index (χ0v) is 8.16. The Hall–Kier alpha value is -0.820. The monoisotopic (exact) mass is 174 g/mol. The van der Waals surface area contributed by atoms with Crippen molar-refractivity contribution in [1.82, 2.24) is 5.32 Å². The topological polar surface area (TPSA) is 14.1 Å². The Morgan fingerprint density at radius 3 is 2.92 bits per heavy atom. The smallest absolute Gasteiger partial charge is 0.0495 e. The van der Waals surface area contributed by atoms with Gasteiger partial charge in [-0.05, 0) is 25.3 Å². The average Bonchev–Trinajstić information content (AvgIpc) is 2.19. The Labute approximate surface area is 80.2 Å². The molecule has 0 amide bonds. The van der Waals surface area contributed by atoms with E-state index in [9.17, 15) is 0 Å². The number of rotatable bonds is 1. The number of piperidine rings is 1. The van der Waals surface area contributed by atoms with Crippen molar-refractivity contribution in [3.05, 3.63) is 35.4 Å². The predicted molar refractivity (Wildman–Crippen MR) is 54.8 cm³/mol. The molecular formula is C12H16N. The van der Waals surface area contributed by atoms with Gasteiger partial charge in [-0.25, -0.2) is 5.32 Å². The maximum absolute atomic E-state index is 4.64. The van der Waals surface area contributed by atoms with E-state index in [0.717, 1.165) is 6.54 Å². The molecule has 1 saturated heterocycles. The Morgan fingerprint density at radius 2 is 2.23 bits per heavy atom. The SMILES string of the molecule is Cc1cccc(C2CCCC[N]2)c1. The van der Waals surface area contributed by atoms with Crippen LogP contribution in [0, 0.1) is 6.92 Å². The lowest BCUT2D eigenvalue weighted by molar-refractivity contribution is 0.403. The third-order valence-electron chi connectivity index (χ3n) is 2.66. The highest BCUT2D eigenvalue weighted by atomic mass is 14.9. The van der Waals surface area contributed by atoms with Gasteiger partial charge >= 0.3 is 0 Å². The van der Waals surface area contributed by atoms with Crippen LogP contribution in [-0.2, 0) is 0 Å². The first kappa shape index (κ1) is 8.76. The van der Waals surface area contributed by atoms with Crippen molar-refractivity contribution in [2.24, 2.45) is 0 Å². The molecule has 0 aromatic heterocycles. The van der Waals surface area contributed by atoms with E-state index in [-0.39, 0.29) is 0 Å². The van der Waals surface area contributed by atoms with Gasteiger partial charge in [-0.1, -0.05) is 36.2 Å². The van der Waals surface area contributed by atoms with E-state index < -0.39 is 0 Å². The fourth-order valence-corrected chi connectivity index (χ4v) is 1.94. The fraction of sp³-hybridized carbons (Fsp3) is 0.500. The zero-order chi connectivity index (χ0) is 9.10. The van der Waals surface area contributed by atoms with Crippen LogP contribution in [0.3, 0.4) is 0 Å². The summed E-state index contributed by atoms with van der Waals surface area (Å²) in [5, 5.41) is 4.64. The molecule has 13 heavy (non-hydrogen) atoms. The molecule has 1 aliphatic heterocycles. The second-order valence-corrected chi connectivity index (χ2v) is 3.83. The van der Waals surface area contributed by atoms with Crippen LogP contribution in [0.4, 0.5) is 0 Å². The molecule has 69 valence electrons. The second kappa shape index (κ2) is 3.93. The van der Waals surface area contributed by atoms with Crippen molar-refractivity contribution in [2.75, 3.05) is 6.54 Å². The van der Waals surface area contributed by atoms with Crippen LogP contribution in [0.5, 0.6) is 0 Å². The standard InChI is InChI=1S/C12H16N/c1-10-5-4-6-11(9-10)12-7-2-3-8-13-12/h4-6,9,12H,2-3,7-8H2,1H3. The average molecular weight is 174 g/mol. The lowest BCUT2D eigenvalue weighted by Crippen LogP contribution is -2.20. The number of benzene rings is 1. The Morgan fingerprint density at radius 1 is 1.31 bits per heavy atom. The molecule has 1 heterocycles. The normalized spacial score (nSPS) is 23.0. The summed E-state index contributed by atoms with van der Waals surface area (Å²) in [6.45, 7) is 3.20. The molecule has 0 bridgehead atoms. The summed E-state index contributed by atoms with van der Waals surface area (Å²) in [6, 6.07) is 9.22. The molecule has 0 spiro atoms. The van der Waals surface area contributed by atoms with Gasteiger partial charge in [0.05, 0.1) is 0 Å². The van der Waals surface area contributed by atoms with Crippen LogP contribution in [0.2, 0.25) is 0 Å². The van der Waals surface area contributed by atoms with Gasteiger partial charge in [-0.3, -0.25) is 0 Å². The molecule has 1 radical (unpaired) electrons. The third-order valence-corrected chi connectivity index (χ3v) is 2.66. The first-order valence-electron chi connectivity index (χ1n) is 5.09. The van der Waals surface area contributed by atoms with Crippen molar-refractivity contribution in [3.8, 4) is 0 Å². The first-order chi connectivity index (χ1) is 6.36. The summed E-state index contributed by atoms with van der Waals surface area (Å²) < 4.78 is 0. The molecule has 1 unspecified atom stereocenters. The largest absolute Gasteiger partial charge is 0.234 e. The van der Waals surface area contributed by atoms with Gasteiger partial charge in [-0.15, -0.1) is 0 Å². The molecule has 1 fully saturated rings. The van der Waals surface area contributed by atoms with Crippen LogP contribution >= 0.6 is 0 Å². The van der Waals surface area contributed by atoms with Crippen molar-refractivity contribution < 1.29 is 0 Å². The summed E-state index contributed by atoms with van der Waals surface area (Å²) in [5.74, 6) is 0. The van der Waals surface area contributed by atoms with E-state index >= 15 is 0 Å². The van der Waals surface area contributed by atoms with Gasteiger partial charge in [0.1, 0.15) is 0 Å². The zero-order valence-electron chi connectivity index (χ0n) is 8.16. The third kappa shape index (κ3) is 2.10. The number of aryl methyl sites for hydroxylation is 1. The summed E-state index contributed by atoms with van der Waals surface area (Å²) >= 11 is 0. The quantitative estimate of drug-likeness (QED) is 0.621. The first-order valence-corrected chi connectivity index (χ1v) is 5.09. The van der Waals surface area contributed by atoms with Crippen molar-refractivity contribution in [1.29, 1.82) is 0 Å². The molecule has 0 N–H and O–H groups in total. The molecule has 1 nitrogen and oxygen atoms in total. The van der Waals surface area contributed by atoms with Gasteiger partial charge in [0.2, 0.25) is 0 Å². The Bertz CT molecular complexity index is 274. The van der Waals surface area contributed by atoms with Crippen molar-refractivity contribution >= 4 is 0 Å². The molecule has 0 aliphatic carbocycles. The summed E-state index contributed by atoms with van der Waals surface area (Å²) in [7, 11) is 0. The van der Waals surface area contributed by atoms with E-state index in [0.29, 0.717) is 6.04 Å². The molecule has 1 aromatic rings. The van der Waals surface area contributed by atoms with E-state index in [1.165, 1.54) is 30.4 Å². The van der Waals surface area contributed by atoms with Gasteiger partial charge in [0, 0.05) is 12.6 Å². The summed E-state index contributed by atoms with van der Waals surface area (Å²) in [6.07, 6.45) is 3.86. The minimum atomic E-state index is 0.480. The van der Waals surface area contributed by atoms with Gasteiger partial charge in [0.25, 0.3) is 0 Å². The van der Waals surface area contributed by atoms with E-state index in [1.54, 1.807) is 0 Å². The molecule has 1 aromatic carbocycles. The number of hydrogen-bond donors (Lipinski definition) is 0. The predicted octanol–water partition coefficient (Wildman–Crippen LogP) is 2.82. The lowest BCUT2D eigenvalue weighted by Gasteiger charge is -2.22. The Kier molecular flexibility index (Phi) is 2.65. The molecule has 1 heteroatoms. The Balaban J connectivity index is 2.14. The molecule has 1 aliphatic rings. The highest BCUT2D eigenvalue weighted by molar-refractivity contribution is 5.25. The van der Waals surface area contributed by atoms with E-state index in [4.69, 9.17) is 0 Å². The van der Waals surface area contributed by atoms with Gasteiger partial charge in [0.15, 0.2) is 0 Å². The van der Waals surface area contributed by atoms with Crippen LogP contribution in [-0.4, -0.2) is 6.54 Å². The fourth-order valence-electron chi connectivity index (χ4n) is 1.94. The van der Waals surface area contributed by atoms with Crippen molar-refractivity contribution in [3.63, 3.8) is 0 Å².